The Labute approximate surface area is 94.5 Å². The van der Waals surface area contributed by atoms with Crippen molar-refractivity contribution in [3.05, 3.63) is 41.7 Å². The molecule has 0 fully saturated rings. The summed E-state index contributed by atoms with van der Waals surface area (Å²) in [6.45, 7) is 1.89. The summed E-state index contributed by atoms with van der Waals surface area (Å²) in [6.07, 6.45) is 5.61. The van der Waals surface area contributed by atoms with E-state index in [1.807, 2.05) is 39.5 Å². The van der Waals surface area contributed by atoms with Crippen molar-refractivity contribution in [2.75, 3.05) is 7.05 Å². The lowest BCUT2D eigenvalue weighted by Gasteiger charge is -2.13. The molecule has 0 radical (unpaired) electrons. The molecule has 0 bridgehead atoms. The molecule has 0 saturated heterocycles. The van der Waals surface area contributed by atoms with E-state index < -0.39 is 0 Å². The van der Waals surface area contributed by atoms with Crippen LogP contribution in [0.2, 0.25) is 0 Å². The van der Waals surface area contributed by atoms with Crippen LogP contribution >= 0.6 is 0 Å². The Morgan fingerprint density at radius 2 is 2.25 bits per heavy atom. The van der Waals surface area contributed by atoms with Gasteiger partial charge in [0, 0.05) is 25.0 Å². The molecule has 0 aliphatic heterocycles. The summed E-state index contributed by atoms with van der Waals surface area (Å²) in [4.78, 5) is 8.52. The van der Waals surface area contributed by atoms with Crippen LogP contribution in [0.4, 0.5) is 0 Å². The fraction of sp³-hybridized carbons (Fsp3) is 0.364. The van der Waals surface area contributed by atoms with E-state index in [4.69, 9.17) is 0 Å². The topological polar surface area (TPSA) is 55.6 Å². The van der Waals surface area contributed by atoms with E-state index in [1.165, 1.54) is 0 Å². The highest BCUT2D eigenvalue weighted by molar-refractivity contribution is 5.22. The number of nitrogens with zero attached hydrogens (tertiary/aromatic N) is 4. The molecular formula is C11H15N5. The maximum atomic E-state index is 4.42. The Hall–Kier alpha value is -1.75. The predicted octanol–water partition coefficient (Wildman–Crippen LogP) is 0.827. The highest BCUT2D eigenvalue weighted by Crippen LogP contribution is 2.18. The van der Waals surface area contributed by atoms with Crippen LogP contribution in [0, 0.1) is 6.92 Å². The largest absolute Gasteiger partial charge is 0.308 e. The molecule has 1 unspecified atom stereocenters. The Morgan fingerprint density at radius 3 is 2.81 bits per heavy atom. The molecule has 2 aromatic heterocycles. The number of hydrogen-bond donors (Lipinski definition) is 1. The molecule has 1 atom stereocenters. The van der Waals surface area contributed by atoms with Gasteiger partial charge in [-0.15, -0.1) is 0 Å². The van der Waals surface area contributed by atoms with Crippen molar-refractivity contribution in [2.45, 2.75) is 13.0 Å². The third kappa shape index (κ3) is 2.09. The van der Waals surface area contributed by atoms with E-state index in [9.17, 15) is 0 Å². The van der Waals surface area contributed by atoms with E-state index >= 15 is 0 Å². The van der Waals surface area contributed by atoms with Crippen LogP contribution in [0.1, 0.15) is 23.1 Å². The number of aryl methyl sites for hydroxylation is 2. The van der Waals surface area contributed by atoms with E-state index in [1.54, 1.807) is 10.9 Å². The van der Waals surface area contributed by atoms with Gasteiger partial charge in [-0.25, -0.2) is 9.97 Å². The summed E-state index contributed by atoms with van der Waals surface area (Å²) in [5, 5.41) is 7.40. The summed E-state index contributed by atoms with van der Waals surface area (Å²) >= 11 is 0. The average Bonchev–Trinajstić information content (AvgIpc) is 2.66. The minimum absolute atomic E-state index is 0.0652. The minimum atomic E-state index is 0.0652. The summed E-state index contributed by atoms with van der Waals surface area (Å²) in [5.41, 5.74) is 2.06. The van der Waals surface area contributed by atoms with Crippen molar-refractivity contribution in [2.24, 2.45) is 7.05 Å². The molecular weight excluding hydrogens is 202 g/mol. The van der Waals surface area contributed by atoms with Crippen LogP contribution < -0.4 is 5.32 Å². The molecule has 0 amide bonds. The van der Waals surface area contributed by atoms with Gasteiger partial charge in [0.15, 0.2) is 0 Å². The lowest BCUT2D eigenvalue weighted by molar-refractivity contribution is 0.663. The Balaban J connectivity index is 2.36. The molecule has 5 nitrogen and oxygen atoms in total. The number of rotatable bonds is 3. The van der Waals surface area contributed by atoms with Gasteiger partial charge in [-0.3, -0.25) is 4.68 Å². The molecule has 2 heterocycles. The van der Waals surface area contributed by atoms with Gasteiger partial charge >= 0.3 is 0 Å². The van der Waals surface area contributed by atoms with Crippen molar-refractivity contribution in [1.29, 1.82) is 0 Å². The molecule has 0 aromatic carbocycles. The first-order valence-corrected chi connectivity index (χ1v) is 5.16. The van der Waals surface area contributed by atoms with Crippen LogP contribution in [-0.4, -0.2) is 26.8 Å². The average molecular weight is 217 g/mol. The molecule has 16 heavy (non-hydrogen) atoms. The van der Waals surface area contributed by atoms with Crippen molar-refractivity contribution >= 4 is 0 Å². The standard InChI is InChI=1S/C11H15N5/c1-8-13-5-4-10(15-8)11(12-2)9-6-14-16(3)7-9/h4-7,11-12H,1-3H3. The maximum absolute atomic E-state index is 4.42. The quantitative estimate of drug-likeness (QED) is 0.827. The lowest BCUT2D eigenvalue weighted by Crippen LogP contribution is -2.18. The zero-order chi connectivity index (χ0) is 11.5. The van der Waals surface area contributed by atoms with Gasteiger partial charge in [0.05, 0.1) is 17.9 Å². The Morgan fingerprint density at radius 1 is 1.44 bits per heavy atom. The van der Waals surface area contributed by atoms with Crippen molar-refractivity contribution in [1.82, 2.24) is 25.1 Å². The Kier molecular flexibility index (Phi) is 2.96. The smallest absolute Gasteiger partial charge is 0.125 e. The van der Waals surface area contributed by atoms with Gasteiger partial charge < -0.3 is 5.32 Å². The molecule has 84 valence electrons. The SMILES string of the molecule is CNC(c1cnn(C)c1)c1ccnc(C)n1. The summed E-state index contributed by atoms with van der Waals surface area (Å²) in [5.74, 6) is 0.779. The minimum Gasteiger partial charge on any atom is -0.308 e. The molecule has 2 aromatic rings. The molecule has 0 spiro atoms. The first-order chi connectivity index (χ1) is 7.70. The molecule has 0 aliphatic rings. The predicted molar refractivity (Wildman–Crippen MR) is 60.9 cm³/mol. The fourth-order valence-corrected chi connectivity index (χ4v) is 1.71. The number of nitrogens with one attached hydrogen (secondary N) is 1. The van der Waals surface area contributed by atoms with E-state index in [2.05, 4.69) is 20.4 Å². The van der Waals surface area contributed by atoms with Crippen LogP contribution in [0.5, 0.6) is 0 Å². The van der Waals surface area contributed by atoms with Crippen molar-refractivity contribution in [3.8, 4) is 0 Å². The maximum Gasteiger partial charge on any atom is 0.125 e. The Bertz CT molecular complexity index is 477. The highest BCUT2D eigenvalue weighted by Gasteiger charge is 2.14. The zero-order valence-electron chi connectivity index (χ0n) is 9.68. The monoisotopic (exact) mass is 217 g/mol. The highest BCUT2D eigenvalue weighted by atomic mass is 15.2. The molecule has 2 rings (SSSR count). The van der Waals surface area contributed by atoms with Crippen LogP contribution in [-0.2, 0) is 7.05 Å². The van der Waals surface area contributed by atoms with Crippen LogP contribution in [0.25, 0.3) is 0 Å². The second kappa shape index (κ2) is 4.40. The molecule has 0 saturated carbocycles. The van der Waals surface area contributed by atoms with Gasteiger partial charge in [-0.2, -0.15) is 5.10 Å². The van der Waals surface area contributed by atoms with E-state index in [0.29, 0.717) is 0 Å². The summed E-state index contributed by atoms with van der Waals surface area (Å²) in [7, 11) is 3.82. The number of aromatic nitrogens is 4. The van der Waals surface area contributed by atoms with Gasteiger partial charge in [0.25, 0.3) is 0 Å². The van der Waals surface area contributed by atoms with Gasteiger partial charge in [-0.1, -0.05) is 0 Å². The first kappa shape index (κ1) is 10.8. The second-order valence-corrected chi connectivity index (χ2v) is 3.70. The number of hydrogen-bond acceptors (Lipinski definition) is 4. The second-order valence-electron chi connectivity index (χ2n) is 3.70. The lowest BCUT2D eigenvalue weighted by atomic mass is 10.1. The summed E-state index contributed by atoms with van der Waals surface area (Å²) in [6, 6.07) is 1.98. The third-order valence-electron chi connectivity index (χ3n) is 2.44. The van der Waals surface area contributed by atoms with Crippen molar-refractivity contribution in [3.63, 3.8) is 0 Å². The molecule has 1 N–H and O–H groups in total. The molecule has 5 heteroatoms. The van der Waals surface area contributed by atoms with E-state index in [0.717, 1.165) is 17.1 Å². The normalized spacial score (nSPS) is 12.7. The third-order valence-corrected chi connectivity index (χ3v) is 2.44. The zero-order valence-corrected chi connectivity index (χ0v) is 9.68. The van der Waals surface area contributed by atoms with E-state index in [-0.39, 0.29) is 6.04 Å². The van der Waals surface area contributed by atoms with Gasteiger partial charge in [-0.05, 0) is 20.0 Å². The van der Waals surface area contributed by atoms with Crippen LogP contribution in [0.3, 0.4) is 0 Å². The van der Waals surface area contributed by atoms with Gasteiger partial charge in [0.2, 0.25) is 0 Å². The van der Waals surface area contributed by atoms with Gasteiger partial charge in [0.1, 0.15) is 5.82 Å². The summed E-state index contributed by atoms with van der Waals surface area (Å²) < 4.78 is 1.79. The first-order valence-electron chi connectivity index (χ1n) is 5.16. The van der Waals surface area contributed by atoms with Crippen molar-refractivity contribution < 1.29 is 0 Å². The van der Waals surface area contributed by atoms with Crippen LogP contribution in [0.15, 0.2) is 24.7 Å². The fourth-order valence-electron chi connectivity index (χ4n) is 1.71. The molecule has 0 aliphatic carbocycles.